The number of pyridine rings is 1. The van der Waals surface area contributed by atoms with Crippen LogP contribution in [0, 0.1) is 6.92 Å². The molecule has 1 amide bonds. The van der Waals surface area contributed by atoms with E-state index >= 15 is 0 Å². The minimum atomic E-state index is -1.14. The van der Waals surface area contributed by atoms with Crippen molar-refractivity contribution in [3.8, 4) is 0 Å². The van der Waals surface area contributed by atoms with Crippen molar-refractivity contribution in [2.24, 2.45) is 12.8 Å². The van der Waals surface area contributed by atoms with Crippen LogP contribution in [0.1, 0.15) is 29.9 Å². The number of aryl methyl sites for hydroxylation is 2. The highest BCUT2D eigenvalue weighted by molar-refractivity contribution is 6.05. The molecular formula is C13H17N5O3. The quantitative estimate of drug-likeness (QED) is 0.760. The summed E-state index contributed by atoms with van der Waals surface area (Å²) in [4.78, 5) is 27.0. The molecule has 2 heterocycles. The van der Waals surface area contributed by atoms with Crippen molar-refractivity contribution in [1.29, 1.82) is 0 Å². The third-order valence-electron chi connectivity index (χ3n) is 3.31. The third-order valence-corrected chi connectivity index (χ3v) is 3.31. The van der Waals surface area contributed by atoms with Crippen molar-refractivity contribution in [3.05, 3.63) is 17.5 Å². The normalized spacial score (nSPS) is 11.6. The maximum atomic E-state index is 11.5. The first kappa shape index (κ1) is 14.8. The molecule has 112 valence electrons. The summed E-state index contributed by atoms with van der Waals surface area (Å²) in [5.74, 6) is -1.74. The second-order valence-corrected chi connectivity index (χ2v) is 5.37. The van der Waals surface area contributed by atoms with Crippen LogP contribution in [0.3, 0.4) is 0 Å². The van der Waals surface area contributed by atoms with Gasteiger partial charge < -0.3 is 16.2 Å². The predicted molar refractivity (Wildman–Crippen MR) is 77.1 cm³/mol. The van der Waals surface area contributed by atoms with Crippen LogP contribution < -0.4 is 11.1 Å². The predicted octanol–water partition coefficient (Wildman–Crippen LogP) is 0.651. The maximum Gasteiger partial charge on any atom is 0.339 e. The molecule has 0 saturated heterocycles. The summed E-state index contributed by atoms with van der Waals surface area (Å²) in [6, 6.07) is 0. The number of nitrogens with one attached hydrogen (secondary N) is 1. The zero-order valence-corrected chi connectivity index (χ0v) is 12.3. The van der Waals surface area contributed by atoms with Gasteiger partial charge in [-0.05, 0) is 20.8 Å². The molecule has 0 aliphatic rings. The van der Waals surface area contributed by atoms with Gasteiger partial charge in [-0.15, -0.1) is 0 Å². The molecule has 0 aliphatic heterocycles. The number of nitrogens with zero attached hydrogens (tertiary/aromatic N) is 3. The molecule has 2 aromatic rings. The Labute approximate surface area is 121 Å². The molecule has 8 nitrogen and oxygen atoms in total. The topological polar surface area (TPSA) is 123 Å². The highest BCUT2D eigenvalue weighted by atomic mass is 16.4. The SMILES string of the molecule is Cc1nn(C)c2ncc(C(=O)O)c(NC(C)(C)C(N)=O)c12. The number of rotatable bonds is 4. The highest BCUT2D eigenvalue weighted by Crippen LogP contribution is 2.30. The number of hydrogen-bond acceptors (Lipinski definition) is 5. The van der Waals surface area contributed by atoms with Crippen molar-refractivity contribution in [2.75, 3.05) is 5.32 Å². The molecule has 0 radical (unpaired) electrons. The zero-order valence-electron chi connectivity index (χ0n) is 12.3. The van der Waals surface area contributed by atoms with Crippen molar-refractivity contribution in [1.82, 2.24) is 14.8 Å². The Hall–Kier alpha value is -2.64. The fourth-order valence-electron chi connectivity index (χ4n) is 2.08. The third kappa shape index (κ3) is 2.39. The van der Waals surface area contributed by atoms with E-state index in [1.54, 1.807) is 32.5 Å². The van der Waals surface area contributed by atoms with Crippen LogP contribution in [0.4, 0.5) is 5.69 Å². The van der Waals surface area contributed by atoms with E-state index in [4.69, 9.17) is 5.73 Å². The lowest BCUT2D eigenvalue weighted by Crippen LogP contribution is -2.45. The number of hydrogen-bond donors (Lipinski definition) is 3. The summed E-state index contributed by atoms with van der Waals surface area (Å²) >= 11 is 0. The van der Waals surface area contributed by atoms with E-state index in [0.29, 0.717) is 22.4 Å². The van der Waals surface area contributed by atoms with Crippen LogP contribution in [0.5, 0.6) is 0 Å². The molecule has 21 heavy (non-hydrogen) atoms. The number of carbonyl (C=O) groups excluding carboxylic acids is 1. The maximum absolute atomic E-state index is 11.5. The molecule has 4 N–H and O–H groups in total. The first-order chi connectivity index (χ1) is 9.65. The molecule has 0 aromatic carbocycles. The molecule has 8 heteroatoms. The van der Waals surface area contributed by atoms with Gasteiger partial charge in [-0.2, -0.15) is 5.10 Å². The number of carboxylic acid groups (broad SMARTS) is 1. The van der Waals surface area contributed by atoms with E-state index in [0.717, 1.165) is 0 Å². The number of carbonyl (C=O) groups is 2. The highest BCUT2D eigenvalue weighted by Gasteiger charge is 2.29. The van der Waals surface area contributed by atoms with Gasteiger partial charge in [0.15, 0.2) is 5.65 Å². The van der Waals surface area contributed by atoms with Crippen molar-refractivity contribution < 1.29 is 14.7 Å². The van der Waals surface area contributed by atoms with Crippen LogP contribution in [-0.4, -0.2) is 37.3 Å². The standard InChI is InChI=1S/C13H17N5O3/c1-6-8-9(16-13(2,3)12(14)21)7(11(19)20)5-15-10(8)18(4)17-6/h5H,1-4H3,(H2,14,21)(H,15,16)(H,19,20). The lowest BCUT2D eigenvalue weighted by atomic mass is 10.0. The molecule has 0 saturated carbocycles. The average Bonchev–Trinajstić information content (AvgIpc) is 2.64. The number of nitrogens with two attached hydrogens (primary N) is 1. The molecule has 2 rings (SSSR count). The Morgan fingerprint density at radius 1 is 1.43 bits per heavy atom. The number of carboxylic acids is 1. The fourth-order valence-corrected chi connectivity index (χ4v) is 2.08. The van der Waals surface area contributed by atoms with E-state index in [1.807, 2.05) is 0 Å². The molecule has 0 atom stereocenters. The van der Waals surface area contributed by atoms with E-state index in [1.165, 1.54) is 6.20 Å². The van der Waals surface area contributed by atoms with Crippen LogP contribution in [0.2, 0.25) is 0 Å². The Bertz CT molecular complexity index is 748. The number of primary amides is 1. The van der Waals surface area contributed by atoms with Gasteiger partial charge in [0.1, 0.15) is 11.1 Å². The van der Waals surface area contributed by atoms with Crippen LogP contribution in [-0.2, 0) is 11.8 Å². The average molecular weight is 291 g/mol. The second kappa shape index (κ2) is 4.72. The summed E-state index contributed by atoms with van der Waals surface area (Å²) in [6.45, 7) is 4.91. The zero-order chi connectivity index (χ0) is 15.9. The smallest absolute Gasteiger partial charge is 0.339 e. The van der Waals surface area contributed by atoms with Crippen LogP contribution >= 0.6 is 0 Å². The van der Waals surface area contributed by atoms with E-state index < -0.39 is 17.4 Å². The summed E-state index contributed by atoms with van der Waals surface area (Å²) in [6.07, 6.45) is 1.24. The summed E-state index contributed by atoms with van der Waals surface area (Å²) in [7, 11) is 1.71. The van der Waals surface area contributed by atoms with E-state index in [9.17, 15) is 14.7 Å². The van der Waals surface area contributed by atoms with Gasteiger partial charge in [0.25, 0.3) is 0 Å². The van der Waals surface area contributed by atoms with Gasteiger partial charge in [0.05, 0.1) is 16.8 Å². The molecule has 0 unspecified atom stereocenters. The Morgan fingerprint density at radius 2 is 2.05 bits per heavy atom. The minimum absolute atomic E-state index is 0.0343. The molecule has 0 spiro atoms. The summed E-state index contributed by atoms with van der Waals surface area (Å²) < 4.78 is 1.55. The molecule has 0 aliphatic carbocycles. The Kier molecular flexibility index (Phi) is 3.32. The number of aromatic carboxylic acids is 1. The lowest BCUT2D eigenvalue weighted by molar-refractivity contribution is -0.121. The van der Waals surface area contributed by atoms with Crippen molar-refractivity contribution >= 4 is 28.6 Å². The summed E-state index contributed by atoms with van der Waals surface area (Å²) in [5, 5.41) is 17.0. The first-order valence-corrected chi connectivity index (χ1v) is 6.29. The molecular weight excluding hydrogens is 274 g/mol. The molecule has 0 fully saturated rings. The van der Waals surface area contributed by atoms with E-state index in [-0.39, 0.29) is 5.56 Å². The minimum Gasteiger partial charge on any atom is -0.478 e. The van der Waals surface area contributed by atoms with Crippen molar-refractivity contribution in [2.45, 2.75) is 26.3 Å². The first-order valence-electron chi connectivity index (χ1n) is 6.29. The van der Waals surface area contributed by atoms with Crippen LogP contribution in [0.25, 0.3) is 11.0 Å². The largest absolute Gasteiger partial charge is 0.478 e. The Morgan fingerprint density at radius 3 is 2.57 bits per heavy atom. The van der Waals surface area contributed by atoms with Gasteiger partial charge in [-0.3, -0.25) is 9.48 Å². The lowest BCUT2D eigenvalue weighted by Gasteiger charge is -2.25. The monoisotopic (exact) mass is 291 g/mol. The number of anilines is 1. The van der Waals surface area contributed by atoms with Gasteiger partial charge in [0, 0.05) is 13.2 Å². The Balaban J connectivity index is 2.76. The van der Waals surface area contributed by atoms with E-state index in [2.05, 4.69) is 15.4 Å². The fraction of sp³-hybridized carbons (Fsp3) is 0.385. The second-order valence-electron chi connectivity index (χ2n) is 5.37. The number of amides is 1. The summed E-state index contributed by atoms with van der Waals surface area (Å²) in [5.41, 5.74) is 5.64. The van der Waals surface area contributed by atoms with Gasteiger partial charge >= 0.3 is 5.97 Å². The van der Waals surface area contributed by atoms with Gasteiger partial charge in [-0.1, -0.05) is 0 Å². The molecule has 0 bridgehead atoms. The number of fused-ring (bicyclic) bond motifs is 1. The van der Waals surface area contributed by atoms with Crippen molar-refractivity contribution in [3.63, 3.8) is 0 Å². The van der Waals surface area contributed by atoms with Gasteiger partial charge in [-0.25, -0.2) is 9.78 Å². The van der Waals surface area contributed by atoms with Crippen LogP contribution in [0.15, 0.2) is 6.20 Å². The van der Waals surface area contributed by atoms with Gasteiger partial charge in [0.2, 0.25) is 5.91 Å². The molecule has 2 aromatic heterocycles. The number of aromatic nitrogens is 3.